The number of rotatable bonds is 6. The van der Waals surface area contributed by atoms with Gasteiger partial charge in [-0.25, -0.2) is 13.2 Å². The van der Waals surface area contributed by atoms with Crippen LogP contribution in [0.15, 0.2) is 93.0 Å². The smallest absolute Gasteiger partial charge is 0.336 e. The van der Waals surface area contributed by atoms with Gasteiger partial charge in [0.15, 0.2) is 0 Å². The van der Waals surface area contributed by atoms with E-state index in [0.29, 0.717) is 23.3 Å². The Balaban J connectivity index is 1.72. The van der Waals surface area contributed by atoms with Gasteiger partial charge in [0.1, 0.15) is 11.3 Å². The predicted molar refractivity (Wildman–Crippen MR) is 133 cm³/mol. The van der Waals surface area contributed by atoms with Crippen LogP contribution in [0.3, 0.4) is 0 Å². The summed E-state index contributed by atoms with van der Waals surface area (Å²) >= 11 is 0. The van der Waals surface area contributed by atoms with Crippen LogP contribution in [-0.4, -0.2) is 21.6 Å². The first kappa shape index (κ1) is 23.1. The fourth-order valence-corrected chi connectivity index (χ4v) is 4.74. The average Bonchev–Trinajstić information content (AvgIpc) is 2.83. The lowest BCUT2D eigenvalue weighted by Gasteiger charge is -2.22. The molecule has 0 spiro atoms. The topological polar surface area (TPSA) is 76.8 Å². The van der Waals surface area contributed by atoms with Gasteiger partial charge in [-0.2, -0.15) is 0 Å². The number of anilines is 1. The number of hydrogen-bond donors (Lipinski definition) is 0. The highest BCUT2D eigenvalue weighted by Gasteiger charge is 2.24. The molecule has 0 aliphatic carbocycles. The Morgan fingerprint density at radius 3 is 2.38 bits per heavy atom. The van der Waals surface area contributed by atoms with E-state index in [1.165, 1.54) is 10.4 Å². The zero-order valence-corrected chi connectivity index (χ0v) is 19.6. The van der Waals surface area contributed by atoms with Crippen molar-refractivity contribution in [3.8, 4) is 17.6 Å². The zero-order valence-electron chi connectivity index (χ0n) is 18.8. The number of benzene rings is 3. The summed E-state index contributed by atoms with van der Waals surface area (Å²) in [5.74, 6) is 6.75. The van der Waals surface area contributed by atoms with Crippen LogP contribution >= 0.6 is 0 Å². The molecule has 4 rings (SSSR count). The molecule has 1 heterocycles. The van der Waals surface area contributed by atoms with Crippen molar-refractivity contribution in [2.45, 2.75) is 18.7 Å². The molecule has 3 aromatic carbocycles. The van der Waals surface area contributed by atoms with E-state index in [1.54, 1.807) is 48.5 Å². The van der Waals surface area contributed by atoms with Gasteiger partial charge in [0.05, 0.1) is 23.7 Å². The molecule has 0 saturated heterocycles. The van der Waals surface area contributed by atoms with Crippen molar-refractivity contribution in [3.63, 3.8) is 0 Å². The molecular formula is C27H23NO5S. The summed E-state index contributed by atoms with van der Waals surface area (Å²) in [6.07, 6.45) is 0. The Morgan fingerprint density at radius 2 is 1.68 bits per heavy atom. The number of ether oxygens (including phenoxy) is 1. The van der Waals surface area contributed by atoms with Crippen molar-refractivity contribution < 1.29 is 17.6 Å². The first-order valence-electron chi connectivity index (χ1n) is 10.7. The molecule has 7 heteroatoms. The standard InChI is InChI=1S/C27H23NO5S/c1-3-32-24-12-8-21(9-13-24)5-4-18-28(34(30,31)25-14-6-20(2)7-15-25)23-11-16-26-22(19-23)10-17-27(29)33-26/h6-17,19H,3,18H2,1-2H3. The molecule has 4 aromatic rings. The van der Waals surface area contributed by atoms with Crippen LogP contribution in [0.2, 0.25) is 0 Å². The minimum Gasteiger partial charge on any atom is -0.494 e. The van der Waals surface area contributed by atoms with E-state index in [9.17, 15) is 13.2 Å². The van der Waals surface area contributed by atoms with E-state index in [0.717, 1.165) is 16.9 Å². The summed E-state index contributed by atoms with van der Waals surface area (Å²) in [6, 6.07) is 21.7. The summed E-state index contributed by atoms with van der Waals surface area (Å²) in [5.41, 5.74) is 2.04. The van der Waals surface area contributed by atoms with Crippen LogP contribution < -0.4 is 14.7 Å². The van der Waals surface area contributed by atoms with Gasteiger partial charge in [-0.05, 0) is 74.5 Å². The van der Waals surface area contributed by atoms with Gasteiger partial charge in [-0.1, -0.05) is 29.5 Å². The SMILES string of the molecule is CCOc1ccc(C#CCN(c2ccc3oc(=O)ccc3c2)S(=O)(=O)c2ccc(C)cc2)cc1. The van der Waals surface area contributed by atoms with Crippen LogP contribution in [0.5, 0.6) is 5.75 Å². The third-order valence-corrected chi connectivity index (χ3v) is 6.91. The van der Waals surface area contributed by atoms with E-state index in [2.05, 4.69) is 11.8 Å². The monoisotopic (exact) mass is 473 g/mol. The molecule has 34 heavy (non-hydrogen) atoms. The quantitative estimate of drug-likeness (QED) is 0.298. The van der Waals surface area contributed by atoms with Crippen molar-refractivity contribution in [1.82, 2.24) is 0 Å². The van der Waals surface area contributed by atoms with Crippen molar-refractivity contribution >= 4 is 26.7 Å². The molecule has 172 valence electrons. The molecule has 0 aliphatic heterocycles. The molecule has 1 aromatic heterocycles. The van der Waals surface area contributed by atoms with E-state index < -0.39 is 15.6 Å². The fraction of sp³-hybridized carbons (Fsp3) is 0.148. The molecule has 0 saturated carbocycles. The largest absolute Gasteiger partial charge is 0.494 e. The summed E-state index contributed by atoms with van der Waals surface area (Å²) in [6.45, 7) is 4.32. The van der Waals surface area contributed by atoms with E-state index in [1.807, 2.05) is 38.1 Å². The molecule has 0 fully saturated rings. The third kappa shape index (κ3) is 5.13. The second-order valence-electron chi connectivity index (χ2n) is 7.56. The summed E-state index contributed by atoms with van der Waals surface area (Å²) in [4.78, 5) is 11.7. The maximum atomic E-state index is 13.6. The average molecular weight is 474 g/mol. The number of nitrogens with zero attached hydrogens (tertiary/aromatic N) is 1. The van der Waals surface area contributed by atoms with Crippen LogP contribution in [0.4, 0.5) is 5.69 Å². The summed E-state index contributed by atoms with van der Waals surface area (Å²) in [7, 11) is -3.90. The number of fused-ring (bicyclic) bond motifs is 1. The molecule has 6 nitrogen and oxygen atoms in total. The lowest BCUT2D eigenvalue weighted by Crippen LogP contribution is -2.31. The van der Waals surface area contributed by atoms with E-state index >= 15 is 0 Å². The highest BCUT2D eigenvalue weighted by molar-refractivity contribution is 7.92. The fourth-order valence-electron chi connectivity index (χ4n) is 3.38. The lowest BCUT2D eigenvalue weighted by molar-refractivity contribution is 0.340. The highest BCUT2D eigenvalue weighted by atomic mass is 32.2. The van der Waals surface area contributed by atoms with Crippen molar-refractivity contribution in [3.05, 3.63) is 100 Å². The van der Waals surface area contributed by atoms with Crippen molar-refractivity contribution in [1.29, 1.82) is 0 Å². The Hall–Kier alpha value is -4.02. The number of sulfonamides is 1. The second-order valence-corrected chi connectivity index (χ2v) is 9.42. The van der Waals surface area contributed by atoms with Crippen LogP contribution in [0.1, 0.15) is 18.1 Å². The summed E-state index contributed by atoms with van der Waals surface area (Å²) < 4.78 is 39.0. The Bertz CT molecular complexity index is 1530. The third-order valence-electron chi connectivity index (χ3n) is 5.12. The molecule has 0 unspecified atom stereocenters. The minimum absolute atomic E-state index is 0.0638. The van der Waals surface area contributed by atoms with E-state index in [-0.39, 0.29) is 11.4 Å². The lowest BCUT2D eigenvalue weighted by atomic mass is 10.2. The van der Waals surface area contributed by atoms with Crippen LogP contribution in [0, 0.1) is 18.8 Å². The molecule has 0 aliphatic rings. The zero-order chi connectivity index (χ0) is 24.1. The molecule has 0 N–H and O–H groups in total. The first-order valence-corrected chi connectivity index (χ1v) is 12.2. The molecular weight excluding hydrogens is 450 g/mol. The van der Waals surface area contributed by atoms with Gasteiger partial charge in [-0.15, -0.1) is 0 Å². The van der Waals surface area contributed by atoms with E-state index in [4.69, 9.17) is 9.15 Å². The summed E-state index contributed by atoms with van der Waals surface area (Å²) in [5, 5.41) is 0.612. The Labute approximate surface area is 198 Å². The van der Waals surface area contributed by atoms with Gasteiger partial charge in [-0.3, -0.25) is 4.31 Å². The van der Waals surface area contributed by atoms with Gasteiger partial charge in [0.25, 0.3) is 10.0 Å². The number of aryl methyl sites for hydroxylation is 1. The first-order chi connectivity index (χ1) is 16.4. The maximum Gasteiger partial charge on any atom is 0.336 e. The van der Waals surface area contributed by atoms with Crippen LogP contribution in [0.25, 0.3) is 11.0 Å². The highest BCUT2D eigenvalue weighted by Crippen LogP contribution is 2.27. The van der Waals surface area contributed by atoms with Crippen molar-refractivity contribution in [2.24, 2.45) is 0 Å². The van der Waals surface area contributed by atoms with Gasteiger partial charge in [0.2, 0.25) is 0 Å². The molecule has 0 atom stereocenters. The molecule has 0 radical (unpaired) electrons. The van der Waals surface area contributed by atoms with Gasteiger partial charge < -0.3 is 9.15 Å². The second kappa shape index (κ2) is 9.86. The number of hydrogen-bond acceptors (Lipinski definition) is 5. The maximum absolute atomic E-state index is 13.6. The van der Waals surface area contributed by atoms with Gasteiger partial charge >= 0.3 is 5.63 Å². The van der Waals surface area contributed by atoms with Crippen LogP contribution in [-0.2, 0) is 10.0 Å². The van der Waals surface area contributed by atoms with Gasteiger partial charge in [0, 0.05) is 17.0 Å². The normalized spacial score (nSPS) is 11.0. The molecule has 0 amide bonds. The minimum atomic E-state index is -3.90. The Kier molecular flexibility index (Phi) is 6.71. The Morgan fingerprint density at radius 1 is 0.941 bits per heavy atom. The van der Waals surface area contributed by atoms with Crippen molar-refractivity contribution in [2.75, 3.05) is 17.5 Å². The molecule has 0 bridgehead atoms. The predicted octanol–water partition coefficient (Wildman–Crippen LogP) is 4.75.